The SMILES string of the molecule is COc1ccc(N2CCN(CCNC(=O)C(=O)Nc3cc(C)ccc3C)CC2)cc1. The monoisotopic (exact) mass is 410 g/mol. The molecule has 0 saturated carbocycles. The lowest BCUT2D eigenvalue weighted by atomic mass is 10.1. The van der Waals surface area contributed by atoms with Crippen LogP contribution in [0.2, 0.25) is 0 Å². The van der Waals surface area contributed by atoms with Gasteiger partial charge in [-0.25, -0.2) is 0 Å². The molecular formula is C23H30N4O3. The maximum absolute atomic E-state index is 12.2. The second-order valence-corrected chi connectivity index (χ2v) is 7.56. The number of nitrogens with zero attached hydrogens (tertiary/aromatic N) is 2. The number of hydrogen-bond acceptors (Lipinski definition) is 5. The number of carbonyl (C=O) groups is 2. The van der Waals surface area contributed by atoms with Crippen molar-refractivity contribution in [2.75, 3.05) is 56.6 Å². The molecule has 0 spiro atoms. The molecule has 160 valence electrons. The summed E-state index contributed by atoms with van der Waals surface area (Å²) in [7, 11) is 1.67. The van der Waals surface area contributed by atoms with Crippen LogP contribution in [0.3, 0.4) is 0 Å². The van der Waals surface area contributed by atoms with Crippen LogP contribution < -0.4 is 20.3 Å². The zero-order valence-electron chi connectivity index (χ0n) is 17.9. The number of benzene rings is 2. The smallest absolute Gasteiger partial charge is 0.313 e. The second kappa shape index (κ2) is 10.1. The van der Waals surface area contributed by atoms with Gasteiger partial charge in [0.15, 0.2) is 0 Å². The van der Waals surface area contributed by atoms with Gasteiger partial charge >= 0.3 is 11.8 Å². The minimum atomic E-state index is -0.631. The summed E-state index contributed by atoms with van der Waals surface area (Å²) in [6.07, 6.45) is 0. The number of methoxy groups -OCH3 is 1. The van der Waals surface area contributed by atoms with Crippen LogP contribution in [0.4, 0.5) is 11.4 Å². The van der Waals surface area contributed by atoms with E-state index in [1.807, 2.05) is 44.2 Å². The van der Waals surface area contributed by atoms with Gasteiger partial charge in [0.25, 0.3) is 0 Å². The van der Waals surface area contributed by atoms with Crippen LogP contribution in [0, 0.1) is 13.8 Å². The predicted molar refractivity (Wildman–Crippen MR) is 119 cm³/mol. The van der Waals surface area contributed by atoms with Crippen LogP contribution in [-0.2, 0) is 9.59 Å². The van der Waals surface area contributed by atoms with E-state index in [0.717, 1.165) is 49.6 Å². The molecule has 1 heterocycles. The van der Waals surface area contributed by atoms with Crippen molar-refractivity contribution in [3.05, 3.63) is 53.6 Å². The van der Waals surface area contributed by atoms with Gasteiger partial charge < -0.3 is 20.3 Å². The lowest BCUT2D eigenvalue weighted by molar-refractivity contribution is -0.136. The highest BCUT2D eigenvalue weighted by atomic mass is 16.5. The van der Waals surface area contributed by atoms with Gasteiger partial charge in [-0.05, 0) is 55.3 Å². The minimum Gasteiger partial charge on any atom is -0.497 e. The molecule has 2 aromatic rings. The standard InChI is InChI=1S/C23H30N4O3/c1-17-4-5-18(2)21(16-17)25-23(29)22(28)24-10-11-26-12-14-27(15-13-26)19-6-8-20(30-3)9-7-19/h4-9,16H,10-15H2,1-3H3,(H,24,28)(H,25,29). The fourth-order valence-electron chi connectivity index (χ4n) is 3.48. The molecule has 30 heavy (non-hydrogen) atoms. The van der Waals surface area contributed by atoms with E-state index in [2.05, 4.69) is 32.6 Å². The molecule has 1 saturated heterocycles. The number of ether oxygens (including phenoxy) is 1. The number of aryl methyl sites for hydroxylation is 2. The zero-order valence-corrected chi connectivity index (χ0v) is 17.9. The quantitative estimate of drug-likeness (QED) is 0.714. The van der Waals surface area contributed by atoms with Crippen molar-refractivity contribution in [1.29, 1.82) is 0 Å². The van der Waals surface area contributed by atoms with Crippen LogP contribution in [0.5, 0.6) is 5.75 Å². The van der Waals surface area contributed by atoms with E-state index in [4.69, 9.17) is 4.74 Å². The van der Waals surface area contributed by atoms with Crippen molar-refractivity contribution in [2.45, 2.75) is 13.8 Å². The Morgan fingerprint density at radius 2 is 1.67 bits per heavy atom. The summed E-state index contributed by atoms with van der Waals surface area (Å²) in [6.45, 7) is 8.69. The molecule has 0 radical (unpaired) electrons. The molecule has 1 fully saturated rings. The fourth-order valence-corrected chi connectivity index (χ4v) is 3.48. The fraction of sp³-hybridized carbons (Fsp3) is 0.391. The Balaban J connectivity index is 1.38. The summed E-state index contributed by atoms with van der Waals surface area (Å²) in [6, 6.07) is 13.9. The molecule has 2 N–H and O–H groups in total. The lowest BCUT2D eigenvalue weighted by Crippen LogP contribution is -2.49. The first-order chi connectivity index (χ1) is 14.5. The largest absolute Gasteiger partial charge is 0.497 e. The maximum Gasteiger partial charge on any atom is 0.313 e. The molecule has 0 atom stereocenters. The molecule has 7 heteroatoms. The highest BCUT2D eigenvalue weighted by Crippen LogP contribution is 2.20. The molecule has 1 aliphatic rings. The normalized spacial score (nSPS) is 14.3. The van der Waals surface area contributed by atoms with Crippen molar-refractivity contribution >= 4 is 23.2 Å². The number of carbonyl (C=O) groups excluding carboxylic acids is 2. The lowest BCUT2D eigenvalue weighted by Gasteiger charge is -2.36. The number of rotatable bonds is 6. The average molecular weight is 411 g/mol. The van der Waals surface area contributed by atoms with E-state index in [-0.39, 0.29) is 0 Å². The van der Waals surface area contributed by atoms with Gasteiger partial charge in [0.05, 0.1) is 7.11 Å². The van der Waals surface area contributed by atoms with Crippen molar-refractivity contribution in [1.82, 2.24) is 10.2 Å². The number of nitrogens with one attached hydrogen (secondary N) is 2. The molecule has 0 aromatic heterocycles. The van der Waals surface area contributed by atoms with Crippen LogP contribution in [0.1, 0.15) is 11.1 Å². The first-order valence-corrected chi connectivity index (χ1v) is 10.2. The van der Waals surface area contributed by atoms with Crippen molar-refractivity contribution < 1.29 is 14.3 Å². The maximum atomic E-state index is 12.2. The van der Waals surface area contributed by atoms with E-state index in [1.165, 1.54) is 5.69 Å². The molecule has 3 rings (SSSR count). The Kier molecular flexibility index (Phi) is 7.30. The number of anilines is 2. The van der Waals surface area contributed by atoms with Crippen LogP contribution in [0.25, 0.3) is 0 Å². The van der Waals surface area contributed by atoms with Gasteiger partial charge in [-0.3, -0.25) is 14.5 Å². The molecule has 1 aliphatic heterocycles. The molecule has 7 nitrogen and oxygen atoms in total. The number of hydrogen-bond donors (Lipinski definition) is 2. The summed E-state index contributed by atoms with van der Waals surface area (Å²) >= 11 is 0. The topological polar surface area (TPSA) is 73.9 Å². The Morgan fingerprint density at radius 3 is 2.33 bits per heavy atom. The summed E-state index contributed by atoms with van der Waals surface area (Å²) < 4.78 is 5.21. The van der Waals surface area contributed by atoms with Gasteiger partial charge in [-0.1, -0.05) is 12.1 Å². The molecular weight excluding hydrogens is 380 g/mol. The van der Waals surface area contributed by atoms with Crippen LogP contribution >= 0.6 is 0 Å². The van der Waals surface area contributed by atoms with Crippen LogP contribution in [0.15, 0.2) is 42.5 Å². The third-order valence-corrected chi connectivity index (χ3v) is 5.37. The Bertz CT molecular complexity index is 875. The average Bonchev–Trinajstić information content (AvgIpc) is 2.76. The Hall–Kier alpha value is -3.06. The number of piperazine rings is 1. The van der Waals surface area contributed by atoms with Gasteiger partial charge in [0.2, 0.25) is 0 Å². The van der Waals surface area contributed by atoms with Gasteiger partial charge in [0.1, 0.15) is 5.75 Å². The molecule has 0 unspecified atom stereocenters. The summed E-state index contributed by atoms with van der Waals surface area (Å²) in [5.41, 5.74) is 3.82. The van der Waals surface area contributed by atoms with Gasteiger partial charge in [0, 0.05) is 50.6 Å². The van der Waals surface area contributed by atoms with Gasteiger partial charge in [-0.15, -0.1) is 0 Å². The zero-order chi connectivity index (χ0) is 21.5. The second-order valence-electron chi connectivity index (χ2n) is 7.56. The van der Waals surface area contributed by atoms with E-state index >= 15 is 0 Å². The molecule has 0 aliphatic carbocycles. The van der Waals surface area contributed by atoms with Crippen molar-refractivity contribution in [3.63, 3.8) is 0 Å². The predicted octanol–water partition coefficient (Wildman–Crippen LogP) is 2.19. The summed E-state index contributed by atoms with van der Waals surface area (Å²) in [4.78, 5) is 28.9. The van der Waals surface area contributed by atoms with E-state index in [9.17, 15) is 9.59 Å². The highest BCUT2D eigenvalue weighted by molar-refractivity contribution is 6.39. The van der Waals surface area contributed by atoms with Gasteiger partial charge in [-0.2, -0.15) is 0 Å². The van der Waals surface area contributed by atoms with Crippen LogP contribution in [-0.4, -0.2) is 63.1 Å². The van der Waals surface area contributed by atoms with E-state index < -0.39 is 11.8 Å². The summed E-state index contributed by atoms with van der Waals surface area (Å²) in [5, 5.41) is 5.41. The van der Waals surface area contributed by atoms with E-state index in [0.29, 0.717) is 12.2 Å². The molecule has 2 amide bonds. The Morgan fingerprint density at radius 1 is 0.967 bits per heavy atom. The first kappa shape index (κ1) is 21.6. The molecule has 2 aromatic carbocycles. The first-order valence-electron chi connectivity index (χ1n) is 10.2. The summed E-state index contributed by atoms with van der Waals surface area (Å²) in [5.74, 6) is -0.379. The van der Waals surface area contributed by atoms with E-state index in [1.54, 1.807) is 7.11 Å². The third-order valence-electron chi connectivity index (χ3n) is 5.37. The third kappa shape index (κ3) is 5.73. The highest BCUT2D eigenvalue weighted by Gasteiger charge is 2.18. The Labute approximate surface area is 178 Å². The minimum absolute atomic E-state index is 0.446. The van der Waals surface area contributed by atoms with Crippen molar-refractivity contribution in [3.8, 4) is 5.75 Å². The number of amides is 2. The molecule has 0 bridgehead atoms. The van der Waals surface area contributed by atoms with Crippen molar-refractivity contribution in [2.24, 2.45) is 0 Å².